The summed E-state index contributed by atoms with van der Waals surface area (Å²) in [6.45, 7) is 0. The number of rotatable bonds is 0. The fourth-order valence-electron chi connectivity index (χ4n) is 0.616. The monoisotopic (exact) mass is 259 g/mol. The van der Waals surface area contributed by atoms with Crippen molar-refractivity contribution in [3.8, 4) is 0 Å². The Kier molecular flexibility index (Phi) is 2.63. The topological polar surface area (TPSA) is 12.9 Å². The third-order valence-electron chi connectivity index (χ3n) is 1.13. The van der Waals surface area contributed by atoms with E-state index in [1.54, 1.807) is 0 Å². The van der Waals surface area contributed by atoms with Crippen LogP contribution in [0.2, 0.25) is 5.15 Å². The van der Waals surface area contributed by atoms with Gasteiger partial charge in [0.15, 0.2) is 0 Å². The van der Waals surface area contributed by atoms with Crippen LogP contribution in [0.15, 0.2) is 16.7 Å². The van der Waals surface area contributed by atoms with Gasteiger partial charge in [0.2, 0.25) is 0 Å². The molecule has 0 radical (unpaired) electrons. The van der Waals surface area contributed by atoms with E-state index in [0.717, 1.165) is 6.07 Å². The first-order valence-corrected chi connectivity index (χ1v) is 3.96. The van der Waals surface area contributed by atoms with Gasteiger partial charge < -0.3 is 0 Å². The number of pyridine rings is 1. The molecule has 0 saturated heterocycles. The standard InChI is InChI=1S/C6H2BrClF3N/c7-4-1-5(8)12-2-3(4)6(9,10)11/h1-2H. The van der Waals surface area contributed by atoms with Crippen molar-refractivity contribution in [3.05, 3.63) is 27.5 Å². The van der Waals surface area contributed by atoms with Gasteiger partial charge in [-0.25, -0.2) is 4.98 Å². The third kappa shape index (κ3) is 2.10. The zero-order valence-electron chi connectivity index (χ0n) is 5.49. The highest BCUT2D eigenvalue weighted by Crippen LogP contribution is 2.34. The van der Waals surface area contributed by atoms with Gasteiger partial charge in [0, 0.05) is 10.7 Å². The number of halogens is 5. The number of hydrogen-bond acceptors (Lipinski definition) is 1. The number of alkyl halides is 3. The first-order chi connectivity index (χ1) is 5.41. The molecule has 1 aromatic rings. The summed E-state index contributed by atoms with van der Waals surface area (Å²) in [6, 6.07) is 1.10. The van der Waals surface area contributed by atoms with Crippen molar-refractivity contribution in [1.29, 1.82) is 0 Å². The maximum Gasteiger partial charge on any atom is 0.418 e. The molecule has 0 aliphatic rings. The van der Waals surface area contributed by atoms with Crippen LogP contribution in [0.4, 0.5) is 13.2 Å². The lowest BCUT2D eigenvalue weighted by Crippen LogP contribution is -2.06. The molecule has 12 heavy (non-hydrogen) atoms. The molecule has 0 aliphatic heterocycles. The minimum Gasteiger partial charge on any atom is -0.244 e. The fourth-order valence-corrected chi connectivity index (χ4v) is 1.45. The molecule has 0 atom stereocenters. The first-order valence-electron chi connectivity index (χ1n) is 2.79. The van der Waals surface area contributed by atoms with Crippen LogP contribution in [0.25, 0.3) is 0 Å². The molecular weight excluding hydrogens is 258 g/mol. The lowest BCUT2D eigenvalue weighted by atomic mass is 10.3. The molecule has 0 bridgehead atoms. The van der Waals surface area contributed by atoms with Gasteiger partial charge in [0.05, 0.1) is 5.56 Å². The average Bonchev–Trinajstić information content (AvgIpc) is 1.83. The third-order valence-corrected chi connectivity index (χ3v) is 1.99. The van der Waals surface area contributed by atoms with Gasteiger partial charge in [-0.1, -0.05) is 27.5 Å². The van der Waals surface area contributed by atoms with Crippen LogP contribution < -0.4 is 0 Å². The minimum absolute atomic E-state index is 0.0230. The zero-order chi connectivity index (χ0) is 9.35. The summed E-state index contributed by atoms with van der Waals surface area (Å²) >= 11 is 8.10. The molecule has 0 spiro atoms. The predicted octanol–water partition coefficient (Wildman–Crippen LogP) is 3.52. The highest BCUT2D eigenvalue weighted by molar-refractivity contribution is 9.10. The maximum absolute atomic E-state index is 12.1. The van der Waals surface area contributed by atoms with E-state index in [0.29, 0.717) is 6.20 Å². The second-order valence-corrected chi connectivity index (χ2v) is 3.23. The Morgan fingerprint density at radius 3 is 2.42 bits per heavy atom. The molecule has 6 heteroatoms. The molecule has 0 aliphatic carbocycles. The zero-order valence-corrected chi connectivity index (χ0v) is 7.83. The number of hydrogen-bond donors (Lipinski definition) is 0. The number of nitrogens with zero attached hydrogens (tertiary/aromatic N) is 1. The van der Waals surface area contributed by atoms with Gasteiger partial charge in [0.1, 0.15) is 5.15 Å². The van der Waals surface area contributed by atoms with Crippen LogP contribution in [0.1, 0.15) is 5.56 Å². The molecule has 0 N–H and O–H groups in total. The van der Waals surface area contributed by atoms with Crippen LogP contribution in [-0.4, -0.2) is 4.98 Å². The fraction of sp³-hybridized carbons (Fsp3) is 0.167. The smallest absolute Gasteiger partial charge is 0.244 e. The Morgan fingerprint density at radius 1 is 1.42 bits per heavy atom. The van der Waals surface area contributed by atoms with E-state index >= 15 is 0 Å². The van der Waals surface area contributed by atoms with E-state index in [-0.39, 0.29) is 9.63 Å². The highest BCUT2D eigenvalue weighted by atomic mass is 79.9. The quantitative estimate of drug-likeness (QED) is 0.650. The van der Waals surface area contributed by atoms with Crippen molar-refractivity contribution in [2.45, 2.75) is 6.18 Å². The van der Waals surface area contributed by atoms with E-state index in [4.69, 9.17) is 11.6 Å². The van der Waals surface area contributed by atoms with Gasteiger partial charge in [0.25, 0.3) is 0 Å². The van der Waals surface area contributed by atoms with Crippen LogP contribution in [0, 0.1) is 0 Å². The molecule has 0 fully saturated rings. The van der Waals surface area contributed by atoms with Gasteiger partial charge in [-0.05, 0) is 6.07 Å². The van der Waals surface area contributed by atoms with Crippen LogP contribution >= 0.6 is 27.5 Å². The van der Waals surface area contributed by atoms with Gasteiger partial charge >= 0.3 is 6.18 Å². The van der Waals surface area contributed by atoms with Crippen LogP contribution in [0.3, 0.4) is 0 Å². The van der Waals surface area contributed by atoms with Crippen molar-refractivity contribution in [1.82, 2.24) is 4.98 Å². The van der Waals surface area contributed by atoms with E-state index in [9.17, 15) is 13.2 Å². The van der Waals surface area contributed by atoms with E-state index in [1.165, 1.54) is 0 Å². The SMILES string of the molecule is FC(F)(F)c1cnc(Cl)cc1Br. The summed E-state index contributed by atoms with van der Waals surface area (Å²) in [5.41, 5.74) is -0.827. The van der Waals surface area contributed by atoms with Crippen LogP contribution in [0.5, 0.6) is 0 Å². The van der Waals surface area contributed by atoms with Crippen molar-refractivity contribution in [3.63, 3.8) is 0 Å². The normalized spacial score (nSPS) is 11.8. The summed E-state index contributed by atoms with van der Waals surface area (Å²) in [5.74, 6) is 0. The summed E-state index contributed by atoms with van der Waals surface area (Å²) in [7, 11) is 0. The second-order valence-electron chi connectivity index (χ2n) is 1.98. The average molecular weight is 260 g/mol. The van der Waals surface area contributed by atoms with Gasteiger partial charge in [-0.15, -0.1) is 0 Å². The van der Waals surface area contributed by atoms with Crippen molar-refractivity contribution in [2.75, 3.05) is 0 Å². The van der Waals surface area contributed by atoms with E-state index in [2.05, 4.69) is 20.9 Å². The largest absolute Gasteiger partial charge is 0.418 e. The summed E-state index contributed by atoms with van der Waals surface area (Å²) < 4.78 is 36.1. The van der Waals surface area contributed by atoms with E-state index in [1.807, 2.05) is 0 Å². The van der Waals surface area contributed by atoms with Gasteiger partial charge in [-0.3, -0.25) is 0 Å². The highest BCUT2D eigenvalue weighted by Gasteiger charge is 2.33. The first kappa shape index (κ1) is 9.80. The molecule has 1 rings (SSSR count). The molecule has 1 aromatic heterocycles. The molecule has 66 valence electrons. The summed E-state index contributed by atoms with van der Waals surface area (Å²) in [4.78, 5) is 3.32. The summed E-state index contributed by atoms with van der Waals surface area (Å²) in [6.07, 6.45) is -3.71. The molecule has 1 heterocycles. The molecule has 0 saturated carbocycles. The molecule has 1 nitrogen and oxygen atoms in total. The Morgan fingerprint density at radius 2 is 2.00 bits per heavy atom. The molecule has 0 amide bonds. The van der Waals surface area contributed by atoms with Crippen molar-refractivity contribution >= 4 is 27.5 Å². The predicted molar refractivity (Wildman–Crippen MR) is 41.9 cm³/mol. The lowest BCUT2D eigenvalue weighted by molar-refractivity contribution is -0.138. The Bertz CT molecular complexity index is 299. The Balaban J connectivity index is 3.19. The minimum atomic E-state index is -4.39. The molecule has 0 unspecified atom stereocenters. The van der Waals surface area contributed by atoms with Crippen molar-refractivity contribution in [2.24, 2.45) is 0 Å². The molecular formula is C6H2BrClF3N. The van der Waals surface area contributed by atoms with Gasteiger partial charge in [-0.2, -0.15) is 13.2 Å². The Labute approximate surface area is 79.7 Å². The van der Waals surface area contributed by atoms with E-state index < -0.39 is 11.7 Å². The Hall–Kier alpha value is -0.290. The lowest BCUT2D eigenvalue weighted by Gasteiger charge is -2.07. The maximum atomic E-state index is 12.1. The van der Waals surface area contributed by atoms with Crippen molar-refractivity contribution < 1.29 is 13.2 Å². The second kappa shape index (κ2) is 3.22. The number of aromatic nitrogens is 1. The molecule has 0 aromatic carbocycles. The van der Waals surface area contributed by atoms with Crippen LogP contribution in [-0.2, 0) is 6.18 Å². The summed E-state index contributed by atoms with van der Waals surface area (Å²) in [5, 5.41) is 0.0230.